The molecule has 0 unspecified atom stereocenters. The molecule has 0 radical (unpaired) electrons. The van der Waals surface area contributed by atoms with Crippen LogP contribution in [0.3, 0.4) is 0 Å². The minimum Gasteiger partial charge on any atom is -0.455 e. The van der Waals surface area contributed by atoms with Crippen molar-refractivity contribution in [2.24, 2.45) is 0 Å². The van der Waals surface area contributed by atoms with Crippen LogP contribution in [0.25, 0.3) is 191 Å². The van der Waals surface area contributed by atoms with Crippen molar-refractivity contribution in [1.29, 1.82) is 0 Å². The number of nitrogens with zero attached hydrogens (tertiary/aromatic N) is 6. The van der Waals surface area contributed by atoms with E-state index in [0.29, 0.717) is 28.7 Å². The summed E-state index contributed by atoms with van der Waals surface area (Å²) in [6, 6.07) is 97.6. The lowest BCUT2D eigenvalue weighted by atomic mass is 9.95. The topological polar surface area (TPSA) is 79.2 Å². The van der Waals surface area contributed by atoms with Gasteiger partial charge in [0, 0.05) is 74.7 Å². The number of benzene rings is 13. The summed E-state index contributed by atoms with van der Waals surface area (Å²) in [6.45, 7) is 9.52. The van der Waals surface area contributed by atoms with Gasteiger partial charge in [0.1, 0.15) is 22.3 Å². The summed E-state index contributed by atoms with van der Waals surface area (Å²) in [5, 5.41) is 10.2. The molecule has 19 aromatic rings. The highest BCUT2D eigenvalue weighted by Crippen LogP contribution is 2.53. The van der Waals surface area contributed by atoms with E-state index in [2.05, 4.69) is 238 Å². The van der Waals surface area contributed by atoms with Crippen molar-refractivity contribution in [3.8, 4) is 78.9 Å². The van der Waals surface area contributed by atoms with Gasteiger partial charge in [0.25, 0.3) is 0 Å². The quantitative estimate of drug-likeness (QED) is 0.142. The van der Waals surface area contributed by atoms with Crippen molar-refractivity contribution < 1.29 is 8.83 Å². The van der Waals surface area contributed by atoms with Gasteiger partial charge in [-0.25, -0.2) is 19.8 Å². The number of fused-ring (bicyclic) bond motifs is 17. The summed E-state index contributed by atoms with van der Waals surface area (Å²) in [7, 11) is 0. The SMILES string of the molecule is [C-]#[N+]c1cc(-c2nc(-c3ccccc3)nc(-c3cccc4sc5ccccc5c34)n2)c(-n2c3ccc(-c4ccccc4)cc3c3c4oc5ccccc5c4ccc32)c(-n2c3ccc(-c4ccccc4)cc3c3c4oc5ccccc5c4ccc32)c1-c1ccccc1. The molecule has 0 fully saturated rings. The second-order valence-electron chi connectivity index (χ2n) is 23.2. The molecule has 0 aliphatic rings. The summed E-state index contributed by atoms with van der Waals surface area (Å²) in [6.07, 6.45) is 0. The minimum atomic E-state index is 0.397. The van der Waals surface area contributed by atoms with Gasteiger partial charge >= 0.3 is 0 Å². The normalized spacial score (nSPS) is 11.9. The molecule has 6 aromatic heterocycles. The summed E-state index contributed by atoms with van der Waals surface area (Å²) in [5.74, 6) is 1.41. The first-order chi connectivity index (χ1) is 45.1. The second kappa shape index (κ2) is 19.9. The number of furan rings is 2. The van der Waals surface area contributed by atoms with E-state index in [9.17, 15) is 6.57 Å². The maximum absolute atomic E-state index is 9.52. The Morgan fingerprint density at radius 2 is 0.780 bits per heavy atom. The molecule has 8 nitrogen and oxygen atoms in total. The zero-order valence-corrected chi connectivity index (χ0v) is 49.3. The molecule has 0 amide bonds. The van der Waals surface area contributed by atoms with Crippen LogP contribution >= 0.6 is 11.3 Å². The summed E-state index contributed by atoms with van der Waals surface area (Å²) in [4.78, 5) is 21.5. The van der Waals surface area contributed by atoms with E-state index in [1.807, 2.05) is 54.6 Å². The minimum absolute atomic E-state index is 0.397. The Bertz CT molecular complexity index is 6270. The number of rotatable bonds is 8. The average molecular weight is 1180 g/mol. The Morgan fingerprint density at radius 3 is 1.35 bits per heavy atom. The Hall–Kier alpha value is -12.2. The van der Waals surface area contributed by atoms with Crippen molar-refractivity contribution in [1.82, 2.24) is 24.1 Å². The van der Waals surface area contributed by atoms with Gasteiger partial charge in [-0.05, 0) is 107 Å². The number of para-hydroxylation sites is 2. The van der Waals surface area contributed by atoms with Crippen molar-refractivity contribution in [2.45, 2.75) is 0 Å². The lowest BCUT2D eigenvalue weighted by Gasteiger charge is -2.25. The molecule has 0 spiro atoms. The van der Waals surface area contributed by atoms with Crippen LogP contribution < -0.4 is 0 Å². The maximum Gasteiger partial charge on any atom is 0.197 e. The van der Waals surface area contributed by atoms with Crippen LogP contribution in [0.4, 0.5) is 5.69 Å². The van der Waals surface area contributed by atoms with Crippen LogP contribution in [-0.2, 0) is 0 Å². The molecule has 0 bridgehead atoms. The largest absolute Gasteiger partial charge is 0.455 e. The lowest BCUT2D eigenvalue weighted by molar-refractivity contribution is 0.672. The van der Waals surface area contributed by atoms with Gasteiger partial charge < -0.3 is 18.0 Å². The van der Waals surface area contributed by atoms with Crippen molar-refractivity contribution in [3.63, 3.8) is 0 Å². The van der Waals surface area contributed by atoms with Crippen molar-refractivity contribution in [2.75, 3.05) is 0 Å². The fraction of sp³-hybridized carbons (Fsp3) is 0. The monoisotopic (exact) mass is 1180 g/mol. The van der Waals surface area contributed by atoms with Gasteiger partial charge in [-0.1, -0.05) is 200 Å². The van der Waals surface area contributed by atoms with E-state index in [-0.39, 0.29) is 0 Å². The summed E-state index contributed by atoms with van der Waals surface area (Å²) >= 11 is 1.76. The molecule has 0 aliphatic carbocycles. The molecule has 9 heteroatoms. The first-order valence-electron chi connectivity index (χ1n) is 30.3. The molecule has 91 heavy (non-hydrogen) atoms. The van der Waals surface area contributed by atoms with Gasteiger partial charge in [-0.3, -0.25) is 0 Å². The third-order valence-corrected chi connectivity index (χ3v) is 19.3. The highest BCUT2D eigenvalue weighted by molar-refractivity contribution is 7.26. The molecule has 0 atom stereocenters. The van der Waals surface area contributed by atoms with Crippen LogP contribution in [0.15, 0.2) is 288 Å². The van der Waals surface area contributed by atoms with E-state index in [0.717, 1.165) is 159 Å². The number of hydrogen-bond acceptors (Lipinski definition) is 6. The third-order valence-electron chi connectivity index (χ3n) is 18.2. The first kappa shape index (κ1) is 50.9. The molecule has 19 rings (SSSR count). The lowest BCUT2D eigenvalue weighted by Crippen LogP contribution is -2.10. The van der Waals surface area contributed by atoms with Gasteiger partial charge in [0.05, 0.1) is 50.8 Å². The molecule has 0 N–H and O–H groups in total. The Kier molecular flexibility index (Phi) is 11.1. The molecular formula is C82H46N6O2S. The predicted octanol–water partition coefficient (Wildman–Crippen LogP) is 22.8. The maximum atomic E-state index is 9.52. The third kappa shape index (κ3) is 7.70. The fourth-order valence-electron chi connectivity index (χ4n) is 14.2. The van der Waals surface area contributed by atoms with E-state index >= 15 is 0 Å². The predicted molar refractivity (Wildman–Crippen MR) is 375 cm³/mol. The smallest absolute Gasteiger partial charge is 0.197 e. The van der Waals surface area contributed by atoms with E-state index in [4.69, 9.17) is 23.8 Å². The number of aromatic nitrogens is 5. The average Bonchev–Trinajstić information content (AvgIpc) is 1.59. The van der Waals surface area contributed by atoms with Crippen LogP contribution in [-0.4, -0.2) is 24.1 Å². The first-order valence-corrected chi connectivity index (χ1v) is 31.2. The second-order valence-corrected chi connectivity index (χ2v) is 24.3. The Morgan fingerprint density at radius 1 is 0.319 bits per heavy atom. The van der Waals surface area contributed by atoms with Gasteiger partial charge in [0.2, 0.25) is 0 Å². The summed E-state index contributed by atoms with van der Waals surface area (Å²) in [5.41, 5.74) is 16.9. The molecule has 0 saturated heterocycles. The summed E-state index contributed by atoms with van der Waals surface area (Å²) < 4.78 is 21.3. The highest BCUT2D eigenvalue weighted by atomic mass is 32.1. The Balaban J connectivity index is 1.04. The highest BCUT2D eigenvalue weighted by Gasteiger charge is 2.32. The molecule has 13 aromatic carbocycles. The van der Waals surface area contributed by atoms with Crippen LogP contribution in [0.5, 0.6) is 0 Å². The van der Waals surface area contributed by atoms with E-state index in [1.54, 1.807) is 11.3 Å². The fourth-order valence-corrected chi connectivity index (χ4v) is 15.3. The van der Waals surface area contributed by atoms with Crippen molar-refractivity contribution in [3.05, 3.63) is 290 Å². The Labute approximate surface area is 523 Å². The zero-order chi connectivity index (χ0) is 59.8. The molecular weight excluding hydrogens is 1130 g/mol. The number of hydrogen-bond donors (Lipinski definition) is 0. The number of thiophene rings is 1. The van der Waals surface area contributed by atoms with Crippen LogP contribution in [0.2, 0.25) is 0 Å². The molecule has 0 saturated carbocycles. The zero-order valence-electron chi connectivity index (χ0n) is 48.5. The molecule has 422 valence electrons. The van der Waals surface area contributed by atoms with E-state index in [1.165, 1.54) is 4.70 Å². The van der Waals surface area contributed by atoms with Gasteiger partial charge in [0.15, 0.2) is 23.2 Å². The van der Waals surface area contributed by atoms with Crippen LogP contribution in [0, 0.1) is 6.57 Å². The van der Waals surface area contributed by atoms with Gasteiger partial charge in [-0.2, -0.15) is 0 Å². The molecule has 6 heterocycles. The molecule has 0 aliphatic heterocycles. The van der Waals surface area contributed by atoms with E-state index < -0.39 is 0 Å². The van der Waals surface area contributed by atoms with Crippen molar-refractivity contribution >= 4 is 125 Å². The standard InChI is InChI=1S/C82H46N6O2S/c1-83-63-47-62(82-85-80(51-27-12-5-13-28-51)84-81(86-82)59-32-20-36-71-73(59)58-31-16-19-35-70(58)91-71)76(87-64-41-37-52(48-21-6-2-7-22-48)45-60(64)74-66(87)43-39-56-54-29-14-17-33-68(54)89-78(56)74)77(72(63)50-25-10-4-11-26-50)88-65-42-38-53(49-23-8-3-9-24-49)46-61(65)75-67(88)44-40-57-55-30-15-18-34-69(55)90-79(57)75/h2-47H. The van der Waals surface area contributed by atoms with Gasteiger partial charge in [-0.15, -0.1) is 11.3 Å². The van der Waals surface area contributed by atoms with Crippen LogP contribution in [0.1, 0.15) is 0 Å².